The summed E-state index contributed by atoms with van der Waals surface area (Å²) in [6.07, 6.45) is 7.75. The number of rotatable bonds is 5. The van der Waals surface area contributed by atoms with Crippen molar-refractivity contribution in [2.24, 2.45) is 0 Å². The second-order valence-electron chi connectivity index (χ2n) is 4.70. The second kappa shape index (κ2) is 6.85. The molecular weight excluding hydrogens is 246 g/mol. The van der Waals surface area contributed by atoms with Crippen molar-refractivity contribution in [3.05, 3.63) is 24.5 Å². The van der Waals surface area contributed by atoms with Gasteiger partial charge in [0, 0.05) is 66.6 Å². The van der Waals surface area contributed by atoms with Gasteiger partial charge in [-0.25, -0.2) is 0 Å². The van der Waals surface area contributed by atoms with Crippen LogP contribution in [0.1, 0.15) is 12.8 Å². The fourth-order valence-electron chi connectivity index (χ4n) is 2.30. The lowest BCUT2D eigenvalue weighted by Crippen LogP contribution is -2.43. The van der Waals surface area contributed by atoms with Crippen LogP contribution in [0.15, 0.2) is 24.5 Å². The highest BCUT2D eigenvalue weighted by atomic mass is 32.2. The molecule has 1 aliphatic heterocycles. The van der Waals surface area contributed by atoms with Crippen molar-refractivity contribution in [2.75, 3.05) is 36.5 Å². The van der Waals surface area contributed by atoms with E-state index in [0.29, 0.717) is 6.04 Å². The van der Waals surface area contributed by atoms with Crippen LogP contribution in [0.3, 0.4) is 0 Å². The first-order valence-corrected chi connectivity index (χ1v) is 8.17. The van der Waals surface area contributed by atoms with Crippen LogP contribution in [-0.2, 0) is 10.8 Å². The van der Waals surface area contributed by atoms with E-state index in [1.165, 1.54) is 5.69 Å². The molecule has 0 aromatic carbocycles. The summed E-state index contributed by atoms with van der Waals surface area (Å²) in [6.45, 7) is 3.02. The number of nitrogens with zero attached hydrogens (tertiary/aromatic N) is 2. The third kappa shape index (κ3) is 4.07. The zero-order valence-corrected chi connectivity index (χ0v) is 11.7. The molecule has 1 aliphatic rings. The molecule has 1 aromatic rings. The highest BCUT2D eigenvalue weighted by Crippen LogP contribution is 2.18. The summed E-state index contributed by atoms with van der Waals surface area (Å²) in [7, 11) is -0.686. The van der Waals surface area contributed by atoms with Gasteiger partial charge >= 0.3 is 0 Å². The van der Waals surface area contributed by atoms with Crippen molar-refractivity contribution in [3.8, 4) is 0 Å². The zero-order valence-electron chi connectivity index (χ0n) is 10.8. The third-order valence-corrected chi connectivity index (χ3v) is 4.12. The molecule has 5 heteroatoms. The Labute approximate surface area is 111 Å². The summed E-state index contributed by atoms with van der Waals surface area (Å²) < 4.78 is 11.0. The largest absolute Gasteiger partial charge is 0.371 e. The van der Waals surface area contributed by atoms with E-state index in [1.807, 2.05) is 12.4 Å². The van der Waals surface area contributed by atoms with Crippen molar-refractivity contribution in [3.63, 3.8) is 0 Å². The first-order valence-electron chi connectivity index (χ1n) is 6.44. The van der Waals surface area contributed by atoms with Crippen LogP contribution < -0.4 is 10.2 Å². The standard InChI is InChI=1S/C13H21N3OS/c1-18(17)11-8-15-12-4-9-16(10-5-12)13-2-6-14-7-3-13/h2-3,6-7,12,15H,4-5,8-11H2,1H3. The van der Waals surface area contributed by atoms with Crippen LogP contribution in [0.2, 0.25) is 0 Å². The fourth-order valence-corrected chi connectivity index (χ4v) is 2.71. The molecule has 18 heavy (non-hydrogen) atoms. The molecule has 0 spiro atoms. The van der Waals surface area contributed by atoms with Gasteiger partial charge in [-0.2, -0.15) is 0 Å². The van der Waals surface area contributed by atoms with E-state index < -0.39 is 10.8 Å². The molecule has 0 radical (unpaired) electrons. The molecule has 100 valence electrons. The average molecular weight is 267 g/mol. The van der Waals surface area contributed by atoms with Gasteiger partial charge in [0.15, 0.2) is 0 Å². The summed E-state index contributed by atoms with van der Waals surface area (Å²) in [4.78, 5) is 6.44. The molecule has 1 saturated heterocycles. The Balaban J connectivity index is 1.73. The Hall–Kier alpha value is -0.940. The predicted molar refractivity (Wildman–Crippen MR) is 76.4 cm³/mol. The van der Waals surface area contributed by atoms with Crippen molar-refractivity contribution in [2.45, 2.75) is 18.9 Å². The van der Waals surface area contributed by atoms with E-state index in [2.05, 4.69) is 27.3 Å². The molecule has 0 aliphatic carbocycles. The van der Waals surface area contributed by atoms with Gasteiger partial charge in [-0.1, -0.05) is 0 Å². The first-order chi connectivity index (χ1) is 8.75. The maximum Gasteiger partial charge on any atom is 0.0397 e. The number of anilines is 1. The summed E-state index contributed by atoms with van der Waals surface area (Å²) >= 11 is 0. The topological polar surface area (TPSA) is 45.2 Å². The maximum atomic E-state index is 11.0. The van der Waals surface area contributed by atoms with Crippen molar-refractivity contribution >= 4 is 16.5 Å². The molecular formula is C13H21N3OS. The Morgan fingerprint density at radius 2 is 2.06 bits per heavy atom. The molecule has 1 atom stereocenters. The monoisotopic (exact) mass is 267 g/mol. The number of hydrogen-bond acceptors (Lipinski definition) is 4. The average Bonchev–Trinajstić information content (AvgIpc) is 2.40. The molecule has 4 nitrogen and oxygen atoms in total. The van der Waals surface area contributed by atoms with Crippen LogP contribution in [0.4, 0.5) is 5.69 Å². The molecule has 1 aromatic heterocycles. The number of nitrogens with one attached hydrogen (secondary N) is 1. The zero-order chi connectivity index (χ0) is 12.8. The van der Waals surface area contributed by atoms with Crippen molar-refractivity contribution in [1.82, 2.24) is 10.3 Å². The number of hydrogen-bond donors (Lipinski definition) is 1. The SMILES string of the molecule is CS(=O)CCNC1CCN(c2ccncc2)CC1. The van der Waals surface area contributed by atoms with E-state index in [4.69, 9.17) is 0 Å². The van der Waals surface area contributed by atoms with Gasteiger partial charge in [0.1, 0.15) is 0 Å². The summed E-state index contributed by atoms with van der Waals surface area (Å²) in [6, 6.07) is 4.70. The Kier molecular flexibility index (Phi) is 5.13. The second-order valence-corrected chi connectivity index (χ2v) is 6.25. The lowest BCUT2D eigenvalue weighted by molar-refractivity contribution is 0.424. The molecule has 0 amide bonds. The normalized spacial score (nSPS) is 18.8. The Bertz CT molecular complexity index is 377. The van der Waals surface area contributed by atoms with Crippen LogP contribution in [0, 0.1) is 0 Å². The van der Waals surface area contributed by atoms with Crippen molar-refractivity contribution < 1.29 is 4.21 Å². The third-order valence-electron chi connectivity index (χ3n) is 3.35. The smallest absolute Gasteiger partial charge is 0.0397 e. The van der Waals surface area contributed by atoms with E-state index in [0.717, 1.165) is 38.2 Å². The van der Waals surface area contributed by atoms with Crippen LogP contribution >= 0.6 is 0 Å². The van der Waals surface area contributed by atoms with Gasteiger partial charge in [-0.05, 0) is 25.0 Å². The lowest BCUT2D eigenvalue weighted by Gasteiger charge is -2.34. The number of aromatic nitrogens is 1. The van der Waals surface area contributed by atoms with Gasteiger partial charge in [0.05, 0.1) is 0 Å². The molecule has 1 N–H and O–H groups in total. The minimum absolute atomic E-state index is 0.576. The first kappa shape index (κ1) is 13.5. The van der Waals surface area contributed by atoms with Gasteiger partial charge in [0.2, 0.25) is 0 Å². The highest BCUT2D eigenvalue weighted by molar-refractivity contribution is 7.84. The Morgan fingerprint density at radius 1 is 1.39 bits per heavy atom. The molecule has 0 saturated carbocycles. The molecule has 2 heterocycles. The van der Waals surface area contributed by atoms with Gasteiger partial charge in [-0.15, -0.1) is 0 Å². The van der Waals surface area contributed by atoms with E-state index in [9.17, 15) is 4.21 Å². The van der Waals surface area contributed by atoms with E-state index in [1.54, 1.807) is 6.26 Å². The minimum Gasteiger partial charge on any atom is -0.371 e. The van der Waals surface area contributed by atoms with Gasteiger partial charge in [0.25, 0.3) is 0 Å². The molecule has 1 fully saturated rings. The highest BCUT2D eigenvalue weighted by Gasteiger charge is 2.18. The van der Waals surface area contributed by atoms with E-state index in [-0.39, 0.29) is 0 Å². The van der Waals surface area contributed by atoms with Gasteiger partial charge < -0.3 is 10.2 Å². The van der Waals surface area contributed by atoms with Crippen LogP contribution in [-0.4, -0.2) is 46.9 Å². The number of pyridine rings is 1. The van der Waals surface area contributed by atoms with Gasteiger partial charge in [-0.3, -0.25) is 9.19 Å². The van der Waals surface area contributed by atoms with Crippen LogP contribution in [0.25, 0.3) is 0 Å². The molecule has 2 rings (SSSR count). The Morgan fingerprint density at radius 3 is 2.67 bits per heavy atom. The predicted octanol–water partition coefficient (Wildman–Crippen LogP) is 1.02. The minimum atomic E-state index is -0.686. The maximum absolute atomic E-state index is 11.0. The fraction of sp³-hybridized carbons (Fsp3) is 0.615. The lowest BCUT2D eigenvalue weighted by atomic mass is 10.0. The summed E-state index contributed by atoms with van der Waals surface area (Å²) in [5.74, 6) is 0.755. The van der Waals surface area contributed by atoms with Crippen LogP contribution in [0.5, 0.6) is 0 Å². The number of piperidine rings is 1. The summed E-state index contributed by atoms with van der Waals surface area (Å²) in [5.41, 5.74) is 1.26. The van der Waals surface area contributed by atoms with E-state index >= 15 is 0 Å². The van der Waals surface area contributed by atoms with Crippen molar-refractivity contribution in [1.29, 1.82) is 0 Å². The quantitative estimate of drug-likeness (QED) is 0.865. The summed E-state index contributed by atoms with van der Waals surface area (Å²) in [5, 5.41) is 3.49. The molecule has 0 bridgehead atoms. The molecule has 1 unspecified atom stereocenters.